The summed E-state index contributed by atoms with van der Waals surface area (Å²) < 4.78 is 29.9. The number of nitrogen functional groups attached to an aromatic ring is 1. The molecule has 6 nitrogen and oxygen atoms in total. The quantitative estimate of drug-likeness (QED) is 0.329. The maximum atomic E-state index is 14.5. The number of benzene rings is 2. The fourth-order valence-corrected chi connectivity index (χ4v) is 5.01. The molecule has 3 heterocycles. The molecule has 168 valence electrons. The zero-order valence-electron chi connectivity index (χ0n) is 17.6. The van der Waals surface area contributed by atoms with E-state index in [-0.39, 0.29) is 5.69 Å². The number of primary amides is 1. The van der Waals surface area contributed by atoms with Gasteiger partial charge < -0.3 is 11.5 Å². The van der Waals surface area contributed by atoms with Crippen LogP contribution in [0.4, 0.5) is 30.8 Å². The molecule has 0 bridgehead atoms. The van der Waals surface area contributed by atoms with Crippen molar-refractivity contribution in [2.45, 2.75) is 0 Å². The van der Waals surface area contributed by atoms with Gasteiger partial charge in [-0.05, 0) is 41.3 Å². The van der Waals surface area contributed by atoms with Crippen LogP contribution in [0.5, 0.6) is 0 Å². The number of hydrogen-bond donors (Lipinski definition) is 2. The maximum absolute atomic E-state index is 14.5. The Labute approximate surface area is 197 Å². The number of fused-ring (bicyclic) bond motifs is 1. The first-order valence-corrected chi connectivity index (χ1v) is 11.0. The number of hydrogen-bond acceptors (Lipinski definition) is 5. The van der Waals surface area contributed by atoms with Crippen LogP contribution in [0, 0.1) is 11.6 Å². The minimum absolute atomic E-state index is 0.211. The van der Waals surface area contributed by atoms with Gasteiger partial charge in [0.25, 0.3) is 0 Å². The van der Waals surface area contributed by atoms with Crippen LogP contribution in [0.3, 0.4) is 0 Å². The van der Waals surface area contributed by atoms with E-state index in [4.69, 9.17) is 11.5 Å². The van der Waals surface area contributed by atoms with Gasteiger partial charge in [0.1, 0.15) is 23.1 Å². The molecule has 3 aromatic heterocycles. The van der Waals surface area contributed by atoms with Gasteiger partial charge in [-0.2, -0.15) is 0 Å². The van der Waals surface area contributed by atoms with Crippen LogP contribution < -0.4 is 16.4 Å². The van der Waals surface area contributed by atoms with Crippen LogP contribution in [-0.2, 0) is 0 Å². The topological polar surface area (TPSA) is 98.1 Å². The molecule has 2 aromatic carbocycles. The third-order valence-corrected chi connectivity index (χ3v) is 6.41. The number of nitrogens with zero attached hydrogens (tertiary/aromatic N) is 3. The molecule has 0 saturated carbocycles. The van der Waals surface area contributed by atoms with Crippen molar-refractivity contribution in [2.24, 2.45) is 5.73 Å². The van der Waals surface area contributed by atoms with E-state index < -0.39 is 23.4 Å². The molecule has 4 N–H and O–H groups in total. The summed E-state index contributed by atoms with van der Waals surface area (Å²) in [6.45, 7) is 0. The van der Waals surface area contributed by atoms with E-state index in [1.807, 2.05) is 23.6 Å². The summed E-state index contributed by atoms with van der Waals surface area (Å²) in [6.07, 6.45) is 5.15. The number of pyridine rings is 2. The van der Waals surface area contributed by atoms with Gasteiger partial charge in [0.2, 0.25) is 0 Å². The number of thiophene rings is 1. The molecule has 0 aliphatic rings. The van der Waals surface area contributed by atoms with Crippen LogP contribution in [-0.4, -0.2) is 16.0 Å². The summed E-state index contributed by atoms with van der Waals surface area (Å²) in [6, 6.07) is 12.8. The second-order valence-corrected chi connectivity index (χ2v) is 8.33. The van der Waals surface area contributed by atoms with Crippen molar-refractivity contribution in [3.05, 3.63) is 90.2 Å². The summed E-state index contributed by atoms with van der Waals surface area (Å²) in [5.74, 6) is -1.46. The smallest absolute Gasteiger partial charge is 0.324 e. The number of urea groups is 1. The molecule has 0 aliphatic carbocycles. The second kappa shape index (κ2) is 8.53. The SMILES string of the molecule is NC(=O)N(c1cccc(-c2csc3c(-c4cccnc4)cnc(N)c23)c1)c1c(F)cccc1F. The van der Waals surface area contributed by atoms with Crippen molar-refractivity contribution >= 4 is 44.6 Å². The van der Waals surface area contributed by atoms with Crippen LogP contribution >= 0.6 is 11.3 Å². The lowest BCUT2D eigenvalue weighted by Crippen LogP contribution is -2.32. The first-order chi connectivity index (χ1) is 16.5. The lowest BCUT2D eigenvalue weighted by molar-refractivity contribution is 0.255. The summed E-state index contributed by atoms with van der Waals surface area (Å²) in [7, 11) is 0. The summed E-state index contributed by atoms with van der Waals surface area (Å²) in [5, 5.41) is 2.67. The van der Waals surface area contributed by atoms with Crippen molar-refractivity contribution in [3.63, 3.8) is 0 Å². The van der Waals surface area contributed by atoms with Crippen LogP contribution in [0.2, 0.25) is 0 Å². The highest BCUT2D eigenvalue weighted by molar-refractivity contribution is 7.18. The molecule has 5 aromatic rings. The van der Waals surface area contributed by atoms with E-state index in [1.54, 1.807) is 36.8 Å². The number of nitrogens with two attached hydrogens (primary N) is 2. The molecule has 34 heavy (non-hydrogen) atoms. The van der Waals surface area contributed by atoms with E-state index in [0.29, 0.717) is 11.4 Å². The van der Waals surface area contributed by atoms with E-state index in [2.05, 4.69) is 9.97 Å². The summed E-state index contributed by atoms with van der Waals surface area (Å²) in [4.78, 5) is 21.6. The Bertz CT molecular complexity index is 1520. The number of rotatable bonds is 4. The van der Waals surface area contributed by atoms with Gasteiger partial charge in [-0.15, -0.1) is 11.3 Å². The largest absolute Gasteiger partial charge is 0.383 e. The molecule has 5 rings (SSSR count). The highest BCUT2D eigenvalue weighted by Gasteiger charge is 2.24. The zero-order valence-corrected chi connectivity index (χ0v) is 18.4. The van der Waals surface area contributed by atoms with Crippen molar-refractivity contribution in [3.8, 4) is 22.3 Å². The Morgan fingerprint density at radius 3 is 2.38 bits per heavy atom. The minimum atomic E-state index is -1.02. The number of anilines is 3. The fraction of sp³-hybridized carbons (Fsp3) is 0. The van der Waals surface area contributed by atoms with Crippen LogP contribution in [0.1, 0.15) is 0 Å². The highest BCUT2D eigenvalue weighted by atomic mass is 32.1. The highest BCUT2D eigenvalue weighted by Crippen LogP contribution is 2.42. The van der Waals surface area contributed by atoms with E-state index in [9.17, 15) is 13.6 Å². The molecule has 0 fully saturated rings. The van der Waals surface area contributed by atoms with E-state index in [1.165, 1.54) is 17.4 Å². The molecule has 0 atom stereocenters. The zero-order chi connectivity index (χ0) is 23.8. The first-order valence-electron chi connectivity index (χ1n) is 10.2. The lowest BCUT2D eigenvalue weighted by atomic mass is 10.0. The normalized spacial score (nSPS) is 11.0. The predicted octanol–water partition coefficient (Wildman–Crippen LogP) is 6.10. The third kappa shape index (κ3) is 3.61. The van der Waals surface area contributed by atoms with Gasteiger partial charge in [-0.3, -0.25) is 9.88 Å². The van der Waals surface area contributed by atoms with Crippen molar-refractivity contribution in [1.82, 2.24) is 9.97 Å². The van der Waals surface area contributed by atoms with Gasteiger partial charge in [-0.1, -0.05) is 24.3 Å². The molecule has 0 spiro atoms. The molecular formula is C25H17F2N5OS. The third-order valence-electron chi connectivity index (χ3n) is 5.39. The number of aromatic nitrogens is 2. The first kappa shape index (κ1) is 21.5. The molecular weight excluding hydrogens is 456 g/mol. The maximum Gasteiger partial charge on any atom is 0.324 e. The van der Waals surface area contributed by atoms with Crippen molar-refractivity contribution < 1.29 is 13.6 Å². The van der Waals surface area contributed by atoms with Crippen molar-refractivity contribution in [1.29, 1.82) is 0 Å². The Morgan fingerprint density at radius 2 is 1.68 bits per heavy atom. The molecule has 0 aliphatic heterocycles. The summed E-state index contributed by atoms with van der Waals surface area (Å²) in [5.41, 5.74) is 14.7. The molecule has 0 saturated heterocycles. The number of para-hydroxylation sites is 1. The van der Waals surface area contributed by atoms with Gasteiger partial charge in [0, 0.05) is 45.4 Å². The van der Waals surface area contributed by atoms with Gasteiger partial charge >= 0.3 is 6.03 Å². The van der Waals surface area contributed by atoms with Crippen LogP contribution in [0.25, 0.3) is 32.3 Å². The average molecular weight is 474 g/mol. The van der Waals surface area contributed by atoms with E-state index >= 15 is 0 Å². The Hall–Kier alpha value is -4.37. The second-order valence-electron chi connectivity index (χ2n) is 7.45. The van der Waals surface area contributed by atoms with Gasteiger partial charge in [0.05, 0.1) is 5.69 Å². The Morgan fingerprint density at radius 1 is 0.941 bits per heavy atom. The molecule has 2 amide bonds. The fourth-order valence-electron chi connectivity index (χ4n) is 3.89. The molecule has 0 radical (unpaired) electrons. The number of amides is 2. The molecule has 0 unspecified atom stereocenters. The lowest BCUT2D eigenvalue weighted by Gasteiger charge is -2.22. The van der Waals surface area contributed by atoms with Gasteiger partial charge in [-0.25, -0.2) is 18.6 Å². The Kier molecular flexibility index (Phi) is 5.39. The Balaban J connectivity index is 1.67. The number of carbonyl (C=O) groups excluding carboxylic acids is 1. The number of carbonyl (C=O) groups is 1. The van der Waals surface area contributed by atoms with E-state index in [0.717, 1.165) is 43.8 Å². The minimum Gasteiger partial charge on any atom is -0.383 e. The monoisotopic (exact) mass is 473 g/mol. The van der Waals surface area contributed by atoms with Gasteiger partial charge in [0.15, 0.2) is 0 Å². The average Bonchev–Trinajstić information content (AvgIpc) is 3.28. The summed E-state index contributed by atoms with van der Waals surface area (Å²) >= 11 is 1.49. The molecule has 9 heteroatoms. The van der Waals surface area contributed by atoms with Crippen molar-refractivity contribution in [2.75, 3.05) is 10.6 Å². The number of halogens is 2. The van der Waals surface area contributed by atoms with Crippen LogP contribution in [0.15, 0.2) is 78.6 Å². The standard InChI is InChI=1S/C25H17F2N5OS/c26-19-7-2-8-20(27)22(19)32(25(29)33)16-6-1-4-14(10-16)18-13-34-23-17(12-31-24(28)21(18)23)15-5-3-9-30-11-15/h1-13H,(H2,28,31)(H2,29,33). The predicted molar refractivity (Wildman–Crippen MR) is 131 cm³/mol.